The molecule has 1 heterocycles. The van der Waals surface area contributed by atoms with E-state index in [1.54, 1.807) is 0 Å². The lowest BCUT2D eigenvalue weighted by molar-refractivity contribution is 0.287. The standard InChI is InChI=1S/C9H12N2O/c10-5-7-6-12-9-4-2-1-3-8(9)11-7/h1-4,7,11H,5-6,10H2/t7-/m0/s1. The zero-order chi connectivity index (χ0) is 8.39. The quantitative estimate of drug-likeness (QED) is 0.646. The molecule has 2 rings (SSSR count). The molecule has 0 aliphatic carbocycles. The van der Waals surface area contributed by atoms with Gasteiger partial charge in [-0.05, 0) is 12.1 Å². The third kappa shape index (κ3) is 1.23. The van der Waals surface area contributed by atoms with Crippen LogP contribution in [0.2, 0.25) is 0 Å². The van der Waals surface area contributed by atoms with E-state index in [4.69, 9.17) is 10.5 Å². The molecule has 0 radical (unpaired) electrons. The molecule has 0 fully saturated rings. The molecule has 64 valence electrons. The zero-order valence-corrected chi connectivity index (χ0v) is 6.79. The number of fused-ring (bicyclic) bond motifs is 1. The Morgan fingerprint density at radius 3 is 3.17 bits per heavy atom. The second-order valence-corrected chi connectivity index (χ2v) is 2.88. The van der Waals surface area contributed by atoms with Crippen molar-refractivity contribution in [2.24, 2.45) is 5.73 Å². The van der Waals surface area contributed by atoms with Gasteiger partial charge in [-0.15, -0.1) is 0 Å². The molecule has 0 unspecified atom stereocenters. The average Bonchev–Trinajstić information content (AvgIpc) is 2.17. The van der Waals surface area contributed by atoms with Crippen LogP contribution < -0.4 is 15.8 Å². The first-order valence-electron chi connectivity index (χ1n) is 4.08. The first-order chi connectivity index (χ1) is 5.90. The number of hydrogen-bond acceptors (Lipinski definition) is 3. The van der Waals surface area contributed by atoms with E-state index in [2.05, 4.69) is 5.32 Å². The van der Waals surface area contributed by atoms with Gasteiger partial charge >= 0.3 is 0 Å². The van der Waals surface area contributed by atoms with E-state index in [-0.39, 0.29) is 6.04 Å². The van der Waals surface area contributed by atoms with Gasteiger partial charge in [-0.1, -0.05) is 12.1 Å². The Morgan fingerprint density at radius 2 is 2.33 bits per heavy atom. The number of anilines is 1. The second kappa shape index (κ2) is 3.03. The number of hydrogen-bond donors (Lipinski definition) is 2. The molecule has 1 atom stereocenters. The molecule has 12 heavy (non-hydrogen) atoms. The Morgan fingerprint density at radius 1 is 1.50 bits per heavy atom. The lowest BCUT2D eigenvalue weighted by atomic mass is 10.2. The van der Waals surface area contributed by atoms with Crippen molar-refractivity contribution in [1.82, 2.24) is 0 Å². The highest BCUT2D eigenvalue weighted by Gasteiger charge is 2.15. The topological polar surface area (TPSA) is 47.3 Å². The maximum atomic E-state index is 5.52. The van der Waals surface area contributed by atoms with E-state index in [1.165, 1.54) is 0 Å². The largest absolute Gasteiger partial charge is 0.489 e. The number of rotatable bonds is 1. The Kier molecular flexibility index (Phi) is 1.87. The molecule has 1 aliphatic rings. The predicted molar refractivity (Wildman–Crippen MR) is 48.4 cm³/mol. The van der Waals surface area contributed by atoms with Gasteiger partial charge in [0.1, 0.15) is 12.4 Å². The number of benzene rings is 1. The summed E-state index contributed by atoms with van der Waals surface area (Å²) < 4.78 is 5.48. The van der Waals surface area contributed by atoms with E-state index in [0.29, 0.717) is 13.2 Å². The number of ether oxygens (including phenoxy) is 1. The summed E-state index contributed by atoms with van der Waals surface area (Å²) >= 11 is 0. The number of nitrogens with one attached hydrogen (secondary N) is 1. The molecule has 3 N–H and O–H groups in total. The van der Waals surface area contributed by atoms with E-state index in [9.17, 15) is 0 Å². The van der Waals surface area contributed by atoms with Crippen LogP contribution in [0.15, 0.2) is 24.3 Å². The second-order valence-electron chi connectivity index (χ2n) is 2.88. The van der Waals surface area contributed by atoms with Gasteiger partial charge in [0, 0.05) is 6.54 Å². The SMILES string of the molecule is NC[C@H]1COc2ccccc2N1. The van der Waals surface area contributed by atoms with Crippen LogP contribution in [0.4, 0.5) is 5.69 Å². The molecule has 3 nitrogen and oxygen atoms in total. The van der Waals surface area contributed by atoms with Gasteiger partial charge in [0.2, 0.25) is 0 Å². The fraction of sp³-hybridized carbons (Fsp3) is 0.333. The van der Waals surface area contributed by atoms with Gasteiger partial charge in [-0.2, -0.15) is 0 Å². The van der Waals surface area contributed by atoms with Crippen molar-refractivity contribution in [2.75, 3.05) is 18.5 Å². The minimum atomic E-state index is 0.250. The highest BCUT2D eigenvalue weighted by Crippen LogP contribution is 2.27. The fourth-order valence-electron chi connectivity index (χ4n) is 1.29. The molecular weight excluding hydrogens is 152 g/mol. The van der Waals surface area contributed by atoms with Crippen molar-refractivity contribution in [3.63, 3.8) is 0 Å². The summed E-state index contributed by atoms with van der Waals surface area (Å²) in [6.45, 7) is 1.27. The third-order valence-corrected chi connectivity index (χ3v) is 1.97. The van der Waals surface area contributed by atoms with Crippen molar-refractivity contribution in [1.29, 1.82) is 0 Å². The minimum absolute atomic E-state index is 0.250. The molecule has 1 aromatic carbocycles. The predicted octanol–water partition coefficient (Wildman–Crippen LogP) is 0.818. The molecule has 0 aromatic heterocycles. The van der Waals surface area contributed by atoms with Gasteiger partial charge in [-0.3, -0.25) is 0 Å². The summed E-state index contributed by atoms with van der Waals surface area (Å²) in [5, 5.41) is 3.30. The lowest BCUT2D eigenvalue weighted by Crippen LogP contribution is -2.37. The van der Waals surface area contributed by atoms with E-state index < -0.39 is 0 Å². The molecule has 0 saturated heterocycles. The van der Waals surface area contributed by atoms with Crippen molar-refractivity contribution in [2.45, 2.75) is 6.04 Å². The molecular formula is C9H12N2O. The maximum Gasteiger partial charge on any atom is 0.142 e. The van der Waals surface area contributed by atoms with Gasteiger partial charge in [0.15, 0.2) is 0 Å². The van der Waals surface area contributed by atoms with E-state index in [1.807, 2.05) is 24.3 Å². The summed E-state index contributed by atoms with van der Waals surface area (Å²) in [7, 11) is 0. The first kappa shape index (κ1) is 7.43. The highest BCUT2D eigenvalue weighted by molar-refractivity contribution is 5.58. The fourth-order valence-corrected chi connectivity index (χ4v) is 1.29. The summed E-state index contributed by atoms with van der Waals surface area (Å²) in [4.78, 5) is 0. The molecule has 0 amide bonds. The van der Waals surface area contributed by atoms with E-state index in [0.717, 1.165) is 11.4 Å². The van der Waals surface area contributed by atoms with Crippen LogP contribution in [0.3, 0.4) is 0 Å². The minimum Gasteiger partial charge on any atom is -0.489 e. The van der Waals surface area contributed by atoms with Crippen LogP contribution in [0.25, 0.3) is 0 Å². The van der Waals surface area contributed by atoms with Crippen LogP contribution in [-0.2, 0) is 0 Å². The molecule has 0 bridgehead atoms. The van der Waals surface area contributed by atoms with Crippen molar-refractivity contribution in [3.05, 3.63) is 24.3 Å². The Hall–Kier alpha value is -1.22. The summed E-state index contributed by atoms with van der Waals surface area (Å²) in [5.41, 5.74) is 6.56. The van der Waals surface area contributed by atoms with Gasteiger partial charge in [0.05, 0.1) is 11.7 Å². The monoisotopic (exact) mass is 164 g/mol. The smallest absolute Gasteiger partial charge is 0.142 e. The summed E-state index contributed by atoms with van der Waals surface area (Å²) in [6, 6.07) is 8.14. The first-order valence-corrected chi connectivity index (χ1v) is 4.08. The average molecular weight is 164 g/mol. The molecule has 0 spiro atoms. The van der Waals surface area contributed by atoms with Crippen molar-refractivity contribution < 1.29 is 4.74 Å². The van der Waals surface area contributed by atoms with Gasteiger partial charge in [0.25, 0.3) is 0 Å². The molecule has 1 aromatic rings. The lowest BCUT2D eigenvalue weighted by Gasteiger charge is -2.26. The van der Waals surface area contributed by atoms with Crippen LogP contribution in [0.5, 0.6) is 5.75 Å². The highest BCUT2D eigenvalue weighted by atomic mass is 16.5. The number of para-hydroxylation sites is 2. The number of nitrogens with two attached hydrogens (primary N) is 1. The van der Waals surface area contributed by atoms with Crippen molar-refractivity contribution in [3.8, 4) is 5.75 Å². The molecule has 3 heteroatoms. The Labute approximate surface area is 71.5 Å². The maximum absolute atomic E-state index is 5.52. The Balaban J connectivity index is 2.23. The molecule has 1 aliphatic heterocycles. The molecule has 0 saturated carbocycles. The van der Waals surface area contributed by atoms with Crippen LogP contribution >= 0.6 is 0 Å². The van der Waals surface area contributed by atoms with Crippen molar-refractivity contribution >= 4 is 5.69 Å². The zero-order valence-electron chi connectivity index (χ0n) is 6.79. The van der Waals surface area contributed by atoms with E-state index >= 15 is 0 Å². The van der Waals surface area contributed by atoms with Gasteiger partial charge < -0.3 is 15.8 Å². The van der Waals surface area contributed by atoms with Crippen LogP contribution in [0, 0.1) is 0 Å². The van der Waals surface area contributed by atoms with Gasteiger partial charge in [-0.25, -0.2) is 0 Å². The summed E-state index contributed by atoms with van der Waals surface area (Å²) in [6.07, 6.45) is 0. The van der Waals surface area contributed by atoms with Crippen LogP contribution in [-0.4, -0.2) is 19.2 Å². The Bertz CT molecular complexity index is 275. The third-order valence-electron chi connectivity index (χ3n) is 1.97. The van der Waals surface area contributed by atoms with Crippen LogP contribution in [0.1, 0.15) is 0 Å². The normalized spacial score (nSPS) is 20.6. The summed E-state index contributed by atoms with van der Waals surface area (Å²) in [5.74, 6) is 0.919.